The van der Waals surface area contributed by atoms with Crippen LogP contribution in [0.1, 0.15) is 36.8 Å². The molecule has 1 aromatic carbocycles. The number of amides is 1. The summed E-state index contributed by atoms with van der Waals surface area (Å²) >= 11 is 0. The summed E-state index contributed by atoms with van der Waals surface area (Å²) in [5.41, 5.74) is 8.13. The number of fused-ring (bicyclic) bond motifs is 1. The molecule has 1 aromatic rings. The van der Waals surface area contributed by atoms with Gasteiger partial charge in [0.05, 0.1) is 12.0 Å². The van der Waals surface area contributed by atoms with Crippen molar-refractivity contribution in [2.24, 2.45) is 5.73 Å². The molecule has 0 saturated carbocycles. The number of hydrogen-bond acceptors (Lipinski definition) is 3. The minimum atomic E-state index is -0.612. The lowest BCUT2D eigenvalue weighted by molar-refractivity contribution is -0.123. The first-order valence-electron chi connectivity index (χ1n) is 6.88. The molecule has 0 saturated heterocycles. The Hall–Kier alpha value is -1.39. The van der Waals surface area contributed by atoms with E-state index in [0.29, 0.717) is 6.54 Å². The molecular weight excluding hydrogens is 240 g/mol. The Morgan fingerprint density at radius 1 is 1.53 bits per heavy atom. The van der Waals surface area contributed by atoms with E-state index in [1.807, 2.05) is 18.2 Å². The summed E-state index contributed by atoms with van der Waals surface area (Å²) in [6.07, 6.45) is 2.36. The van der Waals surface area contributed by atoms with Crippen LogP contribution in [0.5, 0.6) is 0 Å². The molecule has 4 heteroatoms. The third-order valence-electron chi connectivity index (χ3n) is 3.82. The second-order valence-electron chi connectivity index (χ2n) is 5.29. The van der Waals surface area contributed by atoms with Crippen LogP contribution >= 0.6 is 0 Å². The van der Waals surface area contributed by atoms with Gasteiger partial charge >= 0.3 is 0 Å². The molecule has 3 atom stereocenters. The van der Waals surface area contributed by atoms with E-state index in [4.69, 9.17) is 5.73 Å². The number of nitrogens with two attached hydrogens (primary N) is 1. The van der Waals surface area contributed by atoms with Gasteiger partial charge in [0.25, 0.3) is 0 Å². The van der Waals surface area contributed by atoms with E-state index in [1.54, 1.807) is 6.92 Å². The molecule has 0 aliphatic heterocycles. The number of aliphatic hydroxyl groups excluding tert-OH is 1. The highest BCUT2D eigenvalue weighted by molar-refractivity contribution is 5.84. The standard InChI is InChI=1S/C15H22N2O2/c1-10(18)14(16)9-17-15(19)13-8-4-6-11-5-2-3-7-12(11)13/h2-3,5,7,10,13-14,18H,4,6,8-9,16H2,1H3,(H,17,19). The van der Waals surface area contributed by atoms with Crippen molar-refractivity contribution in [2.75, 3.05) is 6.54 Å². The molecule has 0 heterocycles. The fraction of sp³-hybridized carbons (Fsp3) is 0.533. The Bertz CT molecular complexity index is 446. The monoisotopic (exact) mass is 262 g/mol. The van der Waals surface area contributed by atoms with Crippen molar-refractivity contribution in [2.45, 2.75) is 44.2 Å². The van der Waals surface area contributed by atoms with Crippen LogP contribution in [0.15, 0.2) is 24.3 Å². The van der Waals surface area contributed by atoms with Crippen LogP contribution in [0.25, 0.3) is 0 Å². The average Bonchev–Trinajstić information content (AvgIpc) is 2.43. The van der Waals surface area contributed by atoms with Gasteiger partial charge in [0.1, 0.15) is 0 Å². The Morgan fingerprint density at radius 3 is 3.00 bits per heavy atom. The van der Waals surface area contributed by atoms with Gasteiger partial charge in [-0.1, -0.05) is 24.3 Å². The number of nitrogens with one attached hydrogen (secondary N) is 1. The highest BCUT2D eigenvalue weighted by atomic mass is 16.3. The van der Waals surface area contributed by atoms with Gasteiger partial charge in [-0.15, -0.1) is 0 Å². The maximum absolute atomic E-state index is 12.2. The van der Waals surface area contributed by atoms with Crippen LogP contribution in [-0.2, 0) is 11.2 Å². The van der Waals surface area contributed by atoms with Crippen LogP contribution in [0.3, 0.4) is 0 Å². The third kappa shape index (κ3) is 3.33. The van der Waals surface area contributed by atoms with Crippen LogP contribution in [-0.4, -0.2) is 29.7 Å². The first-order chi connectivity index (χ1) is 9.09. The average molecular weight is 262 g/mol. The van der Waals surface area contributed by atoms with Crippen LogP contribution < -0.4 is 11.1 Å². The van der Waals surface area contributed by atoms with E-state index in [-0.39, 0.29) is 11.8 Å². The van der Waals surface area contributed by atoms with E-state index < -0.39 is 12.1 Å². The van der Waals surface area contributed by atoms with Crippen molar-refractivity contribution >= 4 is 5.91 Å². The van der Waals surface area contributed by atoms with E-state index in [1.165, 1.54) is 5.56 Å². The molecular formula is C15H22N2O2. The van der Waals surface area contributed by atoms with Crippen LogP contribution in [0, 0.1) is 0 Å². The number of aryl methyl sites for hydroxylation is 1. The molecule has 3 unspecified atom stereocenters. The third-order valence-corrected chi connectivity index (χ3v) is 3.82. The van der Waals surface area contributed by atoms with E-state index in [0.717, 1.165) is 24.8 Å². The van der Waals surface area contributed by atoms with Crippen molar-refractivity contribution < 1.29 is 9.90 Å². The Labute approximate surface area is 114 Å². The van der Waals surface area contributed by atoms with Crippen molar-refractivity contribution in [3.8, 4) is 0 Å². The predicted octanol–water partition coefficient (Wildman–Crippen LogP) is 0.931. The molecule has 2 rings (SSSR count). The largest absolute Gasteiger partial charge is 0.392 e. The number of benzene rings is 1. The van der Waals surface area contributed by atoms with E-state index >= 15 is 0 Å². The van der Waals surface area contributed by atoms with Gasteiger partial charge in [0.2, 0.25) is 5.91 Å². The lowest BCUT2D eigenvalue weighted by atomic mass is 9.82. The summed E-state index contributed by atoms with van der Waals surface area (Å²) in [7, 11) is 0. The minimum absolute atomic E-state index is 0.0169. The summed E-state index contributed by atoms with van der Waals surface area (Å²) in [5.74, 6) is -0.0607. The molecule has 0 radical (unpaired) electrons. The molecule has 1 amide bonds. The number of carbonyl (C=O) groups is 1. The highest BCUT2D eigenvalue weighted by Crippen LogP contribution is 2.31. The van der Waals surface area contributed by atoms with Crippen molar-refractivity contribution in [1.82, 2.24) is 5.32 Å². The molecule has 1 aliphatic rings. The highest BCUT2D eigenvalue weighted by Gasteiger charge is 2.26. The first kappa shape index (κ1) is 14.0. The summed E-state index contributed by atoms with van der Waals surface area (Å²) in [6.45, 7) is 1.95. The molecule has 0 spiro atoms. The topological polar surface area (TPSA) is 75.3 Å². The van der Waals surface area contributed by atoms with Gasteiger partial charge in [0.15, 0.2) is 0 Å². The Kier molecular flexibility index (Phi) is 4.56. The molecule has 0 bridgehead atoms. The number of carbonyl (C=O) groups excluding carboxylic acids is 1. The van der Waals surface area contributed by atoms with Crippen LogP contribution in [0.4, 0.5) is 0 Å². The number of rotatable bonds is 4. The zero-order valence-corrected chi connectivity index (χ0v) is 11.3. The molecule has 0 fully saturated rings. The van der Waals surface area contributed by atoms with Gasteiger partial charge in [-0.25, -0.2) is 0 Å². The van der Waals surface area contributed by atoms with Crippen molar-refractivity contribution in [3.05, 3.63) is 35.4 Å². The van der Waals surface area contributed by atoms with Gasteiger partial charge in [-0.2, -0.15) is 0 Å². The summed E-state index contributed by atoms with van der Waals surface area (Å²) < 4.78 is 0. The SMILES string of the molecule is CC(O)C(N)CNC(=O)C1CCCc2ccccc21. The summed E-state index contributed by atoms with van der Waals surface area (Å²) in [4.78, 5) is 12.2. The predicted molar refractivity (Wildman–Crippen MR) is 74.8 cm³/mol. The Balaban J connectivity index is 2.01. The first-order valence-corrected chi connectivity index (χ1v) is 6.88. The number of hydrogen-bond donors (Lipinski definition) is 3. The molecule has 104 valence electrons. The van der Waals surface area contributed by atoms with E-state index in [2.05, 4.69) is 11.4 Å². The minimum Gasteiger partial charge on any atom is -0.392 e. The van der Waals surface area contributed by atoms with Crippen molar-refractivity contribution in [1.29, 1.82) is 0 Å². The van der Waals surface area contributed by atoms with Gasteiger partial charge in [0, 0.05) is 12.6 Å². The molecule has 1 aliphatic carbocycles. The summed E-state index contributed by atoms with van der Waals surface area (Å²) in [5, 5.41) is 12.2. The molecule has 4 N–H and O–H groups in total. The Morgan fingerprint density at radius 2 is 2.26 bits per heavy atom. The second-order valence-corrected chi connectivity index (χ2v) is 5.29. The maximum Gasteiger partial charge on any atom is 0.227 e. The maximum atomic E-state index is 12.2. The quantitative estimate of drug-likeness (QED) is 0.755. The zero-order chi connectivity index (χ0) is 13.8. The molecule has 0 aromatic heterocycles. The smallest absolute Gasteiger partial charge is 0.227 e. The lowest BCUT2D eigenvalue weighted by Gasteiger charge is -2.25. The van der Waals surface area contributed by atoms with Crippen LogP contribution in [0.2, 0.25) is 0 Å². The fourth-order valence-electron chi connectivity index (χ4n) is 2.54. The van der Waals surface area contributed by atoms with Gasteiger partial charge in [-0.3, -0.25) is 4.79 Å². The fourth-order valence-corrected chi connectivity index (χ4v) is 2.54. The second kappa shape index (κ2) is 6.17. The van der Waals surface area contributed by atoms with Gasteiger partial charge < -0.3 is 16.2 Å². The van der Waals surface area contributed by atoms with Gasteiger partial charge in [-0.05, 0) is 37.3 Å². The molecule has 4 nitrogen and oxygen atoms in total. The zero-order valence-electron chi connectivity index (χ0n) is 11.3. The molecule has 19 heavy (non-hydrogen) atoms. The normalized spacial score (nSPS) is 21.3. The van der Waals surface area contributed by atoms with Crippen molar-refractivity contribution in [3.63, 3.8) is 0 Å². The van der Waals surface area contributed by atoms with E-state index in [9.17, 15) is 9.90 Å². The number of aliphatic hydroxyl groups is 1. The lowest BCUT2D eigenvalue weighted by Crippen LogP contribution is -2.45. The summed E-state index contributed by atoms with van der Waals surface area (Å²) in [6, 6.07) is 7.71.